The molecule has 0 fully saturated rings. The van der Waals surface area contributed by atoms with E-state index in [1.807, 2.05) is 0 Å². The fraction of sp³-hybridized carbons (Fsp3) is 0.308. The molecule has 0 radical (unpaired) electrons. The monoisotopic (exact) mass is 375 g/mol. The first-order valence-corrected chi connectivity index (χ1v) is 9.21. The zero-order chi connectivity index (χ0) is 17.7. The molecule has 0 saturated carbocycles. The SMILES string of the molecule is CCOC(=O)CNC(=O)CSC1=NS(=O)(=O)c2cc(F)ccc2N1. The van der Waals surface area contributed by atoms with Crippen LogP contribution in [-0.2, 0) is 24.3 Å². The van der Waals surface area contributed by atoms with Crippen LogP contribution in [0.1, 0.15) is 6.92 Å². The number of ether oxygens (including phenoxy) is 1. The van der Waals surface area contributed by atoms with E-state index in [1.165, 1.54) is 6.07 Å². The van der Waals surface area contributed by atoms with E-state index in [2.05, 4.69) is 19.8 Å². The van der Waals surface area contributed by atoms with Crippen molar-refractivity contribution in [2.24, 2.45) is 4.40 Å². The summed E-state index contributed by atoms with van der Waals surface area (Å²) in [7, 11) is -4.04. The molecule has 1 aromatic rings. The second-order valence-electron chi connectivity index (χ2n) is 4.51. The summed E-state index contributed by atoms with van der Waals surface area (Å²) in [5.41, 5.74) is 0.181. The number of anilines is 1. The summed E-state index contributed by atoms with van der Waals surface area (Å²) >= 11 is 0.842. The van der Waals surface area contributed by atoms with E-state index < -0.39 is 27.7 Å². The molecule has 8 nitrogen and oxygen atoms in total. The maximum absolute atomic E-state index is 13.2. The minimum absolute atomic E-state index is 0.0135. The van der Waals surface area contributed by atoms with Crippen LogP contribution in [0, 0.1) is 5.82 Å². The summed E-state index contributed by atoms with van der Waals surface area (Å²) in [5, 5.41) is 5.04. The molecule has 0 atom stereocenters. The smallest absolute Gasteiger partial charge is 0.325 e. The van der Waals surface area contributed by atoms with Crippen molar-refractivity contribution in [2.45, 2.75) is 11.8 Å². The van der Waals surface area contributed by atoms with Crippen LogP contribution in [0.4, 0.5) is 10.1 Å². The van der Waals surface area contributed by atoms with Gasteiger partial charge in [-0.05, 0) is 25.1 Å². The van der Waals surface area contributed by atoms with Gasteiger partial charge in [-0.25, -0.2) is 4.39 Å². The summed E-state index contributed by atoms with van der Waals surface area (Å²) in [6.07, 6.45) is 0. The van der Waals surface area contributed by atoms with Crippen molar-refractivity contribution < 1.29 is 27.1 Å². The highest BCUT2D eigenvalue weighted by Gasteiger charge is 2.26. The van der Waals surface area contributed by atoms with E-state index in [0.29, 0.717) is 0 Å². The Kier molecular flexibility index (Phi) is 5.78. The Morgan fingerprint density at radius 1 is 1.42 bits per heavy atom. The number of hydrogen-bond donors (Lipinski definition) is 2. The average molecular weight is 375 g/mol. The van der Waals surface area contributed by atoms with Crippen molar-refractivity contribution in [1.29, 1.82) is 0 Å². The van der Waals surface area contributed by atoms with E-state index in [-0.39, 0.29) is 34.7 Å². The maximum Gasteiger partial charge on any atom is 0.325 e. The van der Waals surface area contributed by atoms with Crippen LogP contribution in [-0.4, -0.2) is 44.4 Å². The Labute approximate surface area is 141 Å². The minimum Gasteiger partial charge on any atom is -0.465 e. The second-order valence-corrected chi connectivity index (χ2v) is 7.04. The number of hydrogen-bond acceptors (Lipinski definition) is 7. The Morgan fingerprint density at radius 2 is 2.17 bits per heavy atom. The number of halogens is 1. The number of fused-ring (bicyclic) bond motifs is 1. The van der Waals surface area contributed by atoms with Crippen LogP contribution >= 0.6 is 11.8 Å². The molecule has 1 aromatic carbocycles. The highest BCUT2D eigenvalue weighted by molar-refractivity contribution is 8.15. The molecule has 0 aliphatic carbocycles. The number of benzene rings is 1. The van der Waals surface area contributed by atoms with Crippen LogP contribution in [0.25, 0.3) is 0 Å². The lowest BCUT2D eigenvalue weighted by Gasteiger charge is -2.17. The normalized spacial score (nSPS) is 14.8. The lowest BCUT2D eigenvalue weighted by Crippen LogP contribution is -2.32. The second kappa shape index (κ2) is 7.62. The van der Waals surface area contributed by atoms with Gasteiger partial charge in [-0.3, -0.25) is 9.59 Å². The molecule has 2 rings (SSSR count). The quantitative estimate of drug-likeness (QED) is 0.729. The first kappa shape index (κ1) is 18.2. The number of rotatable bonds is 5. The molecule has 0 bridgehead atoms. The third-order valence-electron chi connectivity index (χ3n) is 2.74. The lowest BCUT2D eigenvalue weighted by molar-refractivity contribution is -0.143. The molecule has 0 unspecified atom stereocenters. The fourth-order valence-electron chi connectivity index (χ4n) is 1.74. The topological polar surface area (TPSA) is 114 Å². The summed E-state index contributed by atoms with van der Waals surface area (Å²) in [5.74, 6) is -1.90. The molecular weight excluding hydrogens is 361 g/mol. The molecule has 1 heterocycles. The van der Waals surface area contributed by atoms with Crippen LogP contribution in [0.3, 0.4) is 0 Å². The zero-order valence-corrected chi connectivity index (χ0v) is 14.2. The number of esters is 1. The van der Waals surface area contributed by atoms with Gasteiger partial charge >= 0.3 is 5.97 Å². The highest BCUT2D eigenvalue weighted by Crippen LogP contribution is 2.29. The van der Waals surface area contributed by atoms with E-state index in [1.54, 1.807) is 6.92 Å². The standard InChI is InChI=1S/C13H14FN3O5S2/c1-2-22-12(19)6-15-11(18)7-23-13-16-9-4-3-8(14)5-10(9)24(20,21)17-13/h3-5H,2,6-7H2,1H3,(H,15,18)(H,16,17). The van der Waals surface area contributed by atoms with Gasteiger partial charge in [0, 0.05) is 0 Å². The molecule has 0 spiro atoms. The van der Waals surface area contributed by atoms with Gasteiger partial charge in [0.2, 0.25) is 5.91 Å². The molecule has 24 heavy (non-hydrogen) atoms. The molecule has 1 aliphatic rings. The third kappa shape index (κ3) is 4.68. The summed E-state index contributed by atoms with van der Waals surface area (Å²) in [4.78, 5) is 22.5. The molecule has 130 valence electrons. The van der Waals surface area contributed by atoms with Crippen molar-refractivity contribution in [3.63, 3.8) is 0 Å². The van der Waals surface area contributed by atoms with Gasteiger partial charge in [0.25, 0.3) is 10.0 Å². The number of nitrogens with zero attached hydrogens (tertiary/aromatic N) is 1. The van der Waals surface area contributed by atoms with Gasteiger partial charge in [0.15, 0.2) is 5.17 Å². The van der Waals surface area contributed by atoms with E-state index >= 15 is 0 Å². The van der Waals surface area contributed by atoms with Gasteiger partial charge in [-0.1, -0.05) is 11.8 Å². The molecule has 2 N–H and O–H groups in total. The zero-order valence-electron chi connectivity index (χ0n) is 12.5. The highest BCUT2D eigenvalue weighted by atomic mass is 32.2. The Hall–Kier alpha value is -2.14. The number of nitrogens with one attached hydrogen (secondary N) is 2. The molecular formula is C13H14FN3O5S2. The van der Waals surface area contributed by atoms with Crippen molar-refractivity contribution >= 4 is 44.5 Å². The molecule has 11 heteroatoms. The Bertz CT molecular complexity index is 795. The van der Waals surface area contributed by atoms with E-state index in [0.717, 1.165) is 23.9 Å². The average Bonchev–Trinajstić information content (AvgIpc) is 2.51. The van der Waals surface area contributed by atoms with Crippen LogP contribution < -0.4 is 10.6 Å². The largest absolute Gasteiger partial charge is 0.465 e. The fourth-order valence-corrected chi connectivity index (χ4v) is 3.82. The van der Waals surface area contributed by atoms with E-state index in [4.69, 9.17) is 0 Å². The van der Waals surface area contributed by atoms with Crippen LogP contribution in [0.2, 0.25) is 0 Å². The van der Waals surface area contributed by atoms with Crippen LogP contribution in [0.5, 0.6) is 0 Å². The molecule has 0 aromatic heterocycles. The minimum atomic E-state index is -4.04. The van der Waals surface area contributed by atoms with Gasteiger partial charge in [-0.2, -0.15) is 8.42 Å². The van der Waals surface area contributed by atoms with E-state index in [9.17, 15) is 22.4 Å². The summed E-state index contributed by atoms with van der Waals surface area (Å²) in [6, 6.07) is 3.26. The number of sulfonamides is 1. The van der Waals surface area contributed by atoms with Crippen molar-refractivity contribution in [2.75, 3.05) is 24.2 Å². The summed E-state index contributed by atoms with van der Waals surface area (Å²) < 4.78 is 45.3. The Morgan fingerprint density at radius 3 is 2.88 bits per heavy atom. The first-order chi connectivity index (χ1) is 11.3. The van der Waals surface area contributed by atoms with Gasteiger partial charge in [0.05, 0.1) is 18.0 Å². The number of thioether (sulfide) groups is 1. The number of carbonyl (C=O) groups is 2. The van der Waals surface area contributed by atoms with Gasteiger partial charge < -0.3 is 15.4 Å². The maximum atomic E-state index is 13.2. The van der Waals surface area contributed by atoms with Crippen molar-refractivity contribution in [1.82, 2.24) is 5.32 Å². The van der Waals surface area contributed by atoms with Gasteiger partial charge in [-0.15, -0.1) is 4.40 Å². The third-order valence-corrected chi connectivity index (χ3v) is 5.05. The van der Waals surface area contributed by atoms with Crippen LogP contribution in [0.15, 0.2) is 27.5 Å². The number of carbonyl (C=O) groups excluding carboxylic acids is 2. The predicted molar refractivity (Wildman–Crippen MR) is 86.7 cm³/mol. The Balaban J connectivity index is 1.95. The molecule has 1 aliphatic heterocycles. The first-order valence-electron chi connectivity index (χ1n) is 6.78. The molecule has 1 amide bonds. The van der Waals surface area contributed by atoms with Gasteiger partial charge in [0.1, 0.15) is 17.3 Å². The number of amides is 1. The number of amidine groups is 1. The molecule has 0 saturated heterocycles. The summed E-state index contributed by atoms with van der Waals surface area (Å²) in [6.45, 7) is 1.59. The lowest BCUT2D eigenvalue weighted by atomic mass is 10.3. The van der Waals surface area contributed by atoms with Crippen molar-refractivity contribution in [3.8, 4) is 0 Å². The van der Waals surface area contributed by atoms with Crippen molar-refractivity contribution in [3.05, 3.63) is 24.0 Å². The predicted octanol–water partition coefficient (Wildman–Crippen LogP) is 0.708.